The Hall–Kier alpha value is -1.09. The van der Waals surface area contributed by atoms with Gasteiger partial charge in [-0.3, -0.25) is 9.78 Å². The highest BCUT2D eigenvalue weighted by atomic mass is 35.5. The van der Waals surface area contributed by atoms with Crippen LogP contribution in [0.5, 0.6) is 0 Å². The van der Waals surface area contributed by atoms with E-state index in [9.17, 15) is 4.79 Å². The summed E-state index contributed by atoms with van der Waals surface area (Å²) < 4.78 is 0. The summed E-state index contributed by atoms with van der Waals surface area (Å²) in [6.07, 6.45) is 5.29. The molecule has 1 heterocycles. The van der Waals surface area contributed by atoms with Gasteiger partial charge in [-0.15, -0.1) is 11.6 Å². The monoisotopic (exact) mass is 254 g/mol. The number of nitrogens with zero attached hydrogens (tertiary/aromatic N) is 1. The zero-order chi connectivity index (χ0) is 12.7. The maximum atomic E-state index is 11.8. The molecule has 1 aromatic heterocycles. The summed E-state index contributed by atoms with van der Waals surface area (Å²) in [6.45, 7) is 4.71. The first kappa shape index (κ1) is 14.0. The highest BCUT2D eigenvalue weighted by Crippen LogP contribution is 2.08. The fraction of sp³-hybridized carbons (Fsp3) is 0.538. The molecule has 0 aromatic carbocycles. The maximum absolute atomic E-state index is 11.8. The van der Waals surface area contributed by atoms with Crippen LogP contribution < -0.4 is 5.32 Å². The van der Waals surface area contributed by atoms with Crippen LogP contribution >= 0.6 is 11.6 Å². The molecule has 94 valence electrons. The minimum Gasteiger partial charge on any atom is -0.352 e. The van der Waals surface area contributed by atoms with E-state index in [1.165, 1.54) is 0 Å². The minimum atomic E-state index is -0.0609. The number of hydrogen-bond donors (Lipinski definition) is 1. The van der Waals surface area contributed by atoms with E-state index in [2.05, 4.69) is 17.2 Å². The van der Waals surface area contributed by atoms with E-state index in [0.29, 0.717) is 23.9 Å². The number of carbonyl (C=O) groups is 1. The highest BCUT2D eigenvalue weighted by Gasteiger charge is 2.10. The quantitative estimate of drug-likeness (QED) is 0.794. The van der Waals surface area contributed by atoms with Gasteiger partial charge in [-0.1, -0.05) is 13.3 Å². The average Bonchev–Trinajstić information content (AvgIpc) is 2.34. The normalized spacial score (nSPS) is 12.2. The second kappa shape index (κ2) is 7.28. The smallest absolute Gasteiger partial charge is 0.252 e. The van der Waals surface area contributed by atoms with Crippen molar-refractivity contribution < 1.29 is 4.79 Å². The average molecular weight is 255 g/mol. The van der Waals surface area contributed by atoms with Gasteiger partial charge in [0.25, 0.3) is 5.91 Å². The Bertz CT molecular complexity index is 368. The summed E-state index contributed by atoms with van der Waals surface area (Å²) >= 11 is 5.71. The fourth-order valence-electron chi connectivity index (χ4n) is 1.62. The minimum absolute atomic E-state index is 0.0609. The molecule has 0 aliphatic heterocycles. The first-order valence-electron chi connectivity index (χ1n) is 5.93. The summed E-state index contributed by atoms with van der Waals surface area (Å²) in [5, 5.41) is 2.92. The topological polar surface area (TPSA) is 42.0 Å². The molecule has 0 aliphatic rings. The van der Waals surface area contributed by atoms with Crippen LogP contribution in [0.4, 0.5) is 0 Å². The van der Waals surface area contributed by atoms with Gasteiger partial charge in [-0.25, -0.2) is 0 Å². The molecular formula is C13H19ClN2O. The van der Waals surface area contributed by atoms with Crippen LogP contribution in [0.2, 0.25) is 0 Å². The molecule has 0 bridgehead atoms. The van der Waals surface area contributed by atoms with E-state index in [4.69, 9.17) is 11.6 Å². The zero-order valence-corrected chi connectivity index (χ0v) is 11.1. The lowest BCUT2D eigenvalue weighted by Crippen LogP contribution is -2.29. The Kier molecular flexibility index (Phi) is 5.98. The van der Waals surface area contributed by atoms with Gasteiger partial charge < -0.3 is 5.32 Å². The van der Waals surface area contributed by atoms with E-state index in [1.54, 1.807) is 12.4 Å². The van der Waals surface area contributed by atoms with Crippen molar-refractivity contribution in [2.24, 2.45) is 5.92 Å². The number of hydrogen-bond acceptors (Lipinski definition) is 2. The summed E-state index contributed by atoms with van der Waals surface area (Å²) in [5.74, 6) is 1.03. The lowest BCUT2D eigenvalue weighted by molar-refractivity contribution is 0.0946. The van der Waals surface area contributed by atoms with E-state index in [0.717, 1.165) is 18.4 Å². The Balaban J connectivity index is 2.49. The van der Waals surface area contributed by atoms with Crippen LogP contribution in [0.3, 0.4) is 0 Å². The van der Waals surface area contributed by atoms with Gasteiger partial charge in [0.1, 0.15) is 0 Å². The van der Waals surface area contributed by atoms with E-state index >= 15 is 0 Å². The molecule has 0 saturated carbocycles. The molecular weight excluding hydrogens is 236 g/mol. The Morgan fingerprint density at radius 2 is 2.29 bits per heavy atom. The molecule has 4 heteroatoms. The Labute approximate surface area is 108 Å². The van der Waals surface area contributed by atoms with Crippen molar-refractivity contribution in [1.82, 2.24) is 10.3 Å². The van der Waals surface area contributed by atoms with E-state index in [-0.39, 0.29) is 5.91 Å². The number of pyridine rings is 1. The molecule has 1 rings (SSSR count). The van der Waals surface area contributed by atoms with E-state index < -0.39 is 0 Å². The maximum Gasteiger partial charge on any atom is 0.252 e. The fourth-order valence-corrected chi connectivity index (χ4v) is 1.93. The number of carbonyl (C=O) groups excluding carboxylic acids is 1. The van der Waals surface area contributed by atoms with Gasteiger partial charge in [0.05, 0.1) is 5.56 Å². The van der Waals surface area contributed by atoms with Crippen LogP contribution in [0.15, 0.2) is 18.5 Å². The van der Waals surface area contributed by atoms with Crippen molar-refractivity contribution in [3.05, 3.63) is 29.6 Å². The summed E-state index contributed by atoms with van der Waals surface area (Å²) in [5.41, 5.74) is 1.61. The molecule has 1 unspecified atom stereocenters. The molecule has 0 saturated heterocycles. The third-order valence-corrected chi connectivity index (χ3v) is 3.00. The van der Waals surface area contributed by atoms with Gasteiger partial charge in [0, 0.05) is 24.8 Å². The first-order chi connectivity index (χ1) is 8.17. The molecule has 0 aliphatic carbocycles. The van der Waals surface area contributed by atoms with Gasteiger partial charge in [-0.2, -0.15) is 0 Å². The standard InChI is InChI=1S/C13H19ClN2O/c1-3-11(4-5-14)8-16-13(17)12-6-10(2)7-15-9-12/h6-7,9,11H,3-5,8H2,1-2H3,(H,16,17). The molecule has 3 nitrogen and oxygen atoms in total. The van der Waals surface area contributed by atoms with Crippen LogP contribution in [-0.4, -0.2) is 23.3 Å². The third-order valence-electron chi connectivity index (χ3n) is 2.78. The van der Waals surface area contributed by atoms with Crippen molar-refractivity contribution in [3.63, 3.8) is 0 Å². The molecule has 0 fully saturated rings. The molecule has 17 heavy (non-hydrogen) atoms. The van der Waals surface area contributed by atoms with Crippen molar-refractivity contribution >= 4 is 17.5 Å². The lowest BCUT2D eigenvalue weighted by atomic mass is 10.0. The second-order valence-electron chi connectivity index (χ2n) is 4.21. The Morgan fingerprint density at radius 1 is 1.53 bits per heavy atom. The van der Waals surface area contributed by atoms with Crippen LogP contribution in [-0.2, 0) is 0 Å². The summed E-state index contributed by atoms with van der Waals surface area (Å²) in [4.78, 5) is 15.8. The van der Waals surface area contributed by atoms with Crippen LogP contribution in [0.1, 0.15) is 35.7 Å². The van der Waals surface area contributed by atoms with Crippen molar-refractivity contribution in [2.75, 3.05) is 12.4 Å². The number of halogens is 1. The predicted octanol–water partition coefficient (Wildman–Crippen LogP) is 2.77. The Morgan fingerprint density at radius 3 is 2.88 bits per heavy atom. The first-order valence-corrected chi connectivity index (χ1v) is 6.46. The van der Waals surface area contributed by atoms with Crippen LogP contribution in [0, 0.1) is 12.8 Å². The number of aryl methyl sites for hydroxylation is 1. The molecule has 0 radical (unpaired) electrons. The largest absolute Gasteiger partial charge is 0.352 e. The number of nitrogens with one attached hydrogen (secondary N) is 1. The molecule has 1 N–H and O–H groups in total. The highest BCUT2D eigenvalue weighted by molar-refractivity contribution is 6.17. The van der Waals surface area contributed by atoms with Crippen molar-refractivity contribution in [3.8, 4) is 0 Å². The van der Waals surface area contributed by atoms with Gasteiger partial charge >= 0.3 is 0 Å². The van der Waals surface area contributed by atoms with E-state index in [1.807, 2.05) is 13.0 Å². The predicted molar refractivity (Wildman–Crippen MR) is 70.4 cm³/mol. The van der Waals surface area contributed by atoms with Crippen molar-refractivity contribution in [2.45, 2.75) is 26.7 Å². The SMILES string of the molecule is CCC(CCCl)CNC(=O)c1cncc(C)c1. The van der Waals surface area contributed by atoms with Crippen LogP contribution in [0.25, 0.3) is 0 Å². The molecule has 1 aromatic rings. The van der Waals surface area contributed by atoms with Crippen molar-refractivity contribution in [1.29, 1.82) is 0 Å². The number of aromatic nitrogens is 1. The summed E-state index contributed by atoms with van der Waals surface area (Å²) in [6, 6.07) is 1.84. The number of amides is 1. The molecule has 1 atom stereocenters. The molecule has 1 amide bonds. The van der Waals surface area contributed by atoms with Gasteiger partial charge in [-0.05, 0) is 30.9 Å². The lowest BCUT2D eigenvalue weighted by Gasteiger charge is -2.14. The van der Waals surface area contributed by atoms with Gasteiger partial charge in [0.15, 0.2) is 0 Å². The summed E-state index contributed by atoms with van der Waals surface area (Å²) in [7, 11) is 0. The number of alkyl halides is 1. The third kappa shape index (κ3) is 4.73. The molecule has 0 spiro atoms. The second-order valence-corrected chi connectivity index (χ2v) is 4.59. The number of rotatable bonds is 6. The van der Waals surface area contributed by atoms with Gasteiger partial charge in [0.2, 0.25) is 0 Å². The zero-order valence-electron chi connectivity index (χ0n) is 10.4.